The Morgan fingerprint density at radius 2 is 1.96 bits per heavy atom. The molecule has 0 aliphatic rings. The van der Waals surface area contributed by atoms with Crippen molar-refractivity contribution in [2.24, 2.45) is 7.05 Å². The quantitative estimate of drug-likeness (QED) is 0.797. The van der Waals surface area contributed by atoms with Gasteiger partial charge >= 0.3 is 0 Å². The number of halogens is 2. The summed E-state index contributed by atoms with van der Waals surface area (Å²) in [7, 11) is 1.83. The highest BCUT2D eigenvalue weighted by Gasteiger charge is 2.20. The van der Waals surface area contributed by atoms with Crippen LogP contribution in [-0.4, -0.2) is 19.7 Å². The Kier molecular flexibility index (Phi) is 4.00. The highest BCUT2D eigenvalue weighted by molar-refractivity contribution is 6.32. The number of aryl methyl sites for hydroxylation is 1. The van der Waals surface area contributed by atoms with Gasteiger partial charge in [0, 0.05) is 18.2 Å². The van der Waals surface area contributed by atoms with E-state index in [0.717, 1.165) is 23.2 Å². The molecule has 3 rings (SSSR count). The Morgan fingerprint density at radius 1 is 1.26 bits per heavy atom. The number of anilines is 1. The van der Waals surface area contributed by atoms with Gasteiger partial charge in [0.1, 0.15) is 22.4 Å². The van der Waals surface area contributed by atoms with E-state index in [9.17, 15) is 4.39 Å². The average Bonchev–Trinajstić information content (AvgIpc) is 2.87. The van der Waals surface area contributed by atoms with Crippen LogP contribution in [0.5, 0.6) is 0 Å². The Hall–Kier alpha value is -2.47. The highest BCUT2D eigenvalue weighted by Crippen LogP contribution is 2.31. The first-order valence-corrected chi connectivity index (χ1v) is 7.49. The predicted octanol–water partition coefficient (Wildman–Crippen LogP) is 3.48. The van der Waals surface area contributed by atoms with E-state index in [1.165, 1.54) is 18.3 Å². The van der Waals surface area contributed by atoms with Crippen molar-refractivity contribution in [2.45, 2.75) is 13.3 Å². The van der Waals surface area contributed by atoms with Gasteiger partial charge in [-0.1, -0.05) is 18.5 Å². The van der Waals surface area contributed by atoms with Crippen molar-refractivity contribution in [1.29, 1.82) is 0 Å². The molecule has 5 nitrogen and oxygen atoms in total. The van der Waals surface area contributed by atoms with Gasteiger partial charge in [0.2, 0.25) is 0 Å². The van der Waals surface area contributed by atoms with Crippen LogP contribution in [0.25, 0.3) is 22.8 Å². The topological polar surface area (TPSA) is 69.6 Å². The van der Waals surface area contributed by atoms with Crippen molar-refractivity contribution >= 4 is 17.4 Å². The molecule has 0 aliphatic carbocycles. The second kappa shape index (κ2) is 5.96. The standard InChI is InChI=1S/C16H15ClFN5/c1-3-11-13(16-20-8-12(17)15(19)21-16)22-23(2)14(11)9-4-6-10(18)7-5-9/h4-8H,3H2,1-2H3,(H2,19,20,21). The summed E-state index contributed by atoms with van der Waals surface area (Å²) in [6.07, 6.45) is 2.19. The molecule has 0 bridgehead atoms. The lowest BCUT2D eigenvalue weighted by Crippen LogP contribution is -1.98. The molecule has 0 unspecified atom stereocenters. The van der Waals surface area contributed by atoms with Gasteiger partial charge in [-0.3, -0.25) is 4.68 Å². The van der Waals surface area contributed by atoms with Gasteiger partial charge in [-0.05, 0) is 30.7 Å². The van der Waals surface area contributed by atoms with Crippen molar-refractivity contribution in [3.8, 4) is 22.8 Å². The Morgan fingerprint density at radius 3 is 2.57 bits per heavy atom. The third-order valence-corrected chi connectivity index (χ3v) is 3.89. The smallest absolute Gasteiger partial charge is 0.182 e. The number of rotatable bonds is 3. The average molecular weight is 332 g/mol. The summed E-state index contributed by atoms with van der Waals surface area (Å²) in [5, 5.41) is 4.83. The molecule has 0 fully saturated rings. The van der Waals surface area contributed by atoms with Crippen LogP contribution in [0.2, 0.25) is 5.02 Å². The fourth-order valence-electron chi connectivity index (χ4n) is 2.55. The molecule has 118 valence electrons. The van der Waals surface area contributed by atoms with E-state index in [0.29, 0.717) is 16.5 Å². The number of nitrogens with zero attached hydrogens (tertiary/aromatic N) is 4. The van der Waals surface area contributed by atoms with Crippen molar-refractivity contribution in [3.05, 3.63) is 46.9 Å². The number of hydrogen-bond acceptors (Lipinski definition) is 4. The molecule has 3 aromatic rings. The Balaban J connectivity index is 2.18. The lowest BCUT2D eigenvalue weighted by atomic mass is 10.0. The first kappa shape index (κ1) is 15.4. The first-order chi connectivity index (χ1) is 11.0. The molecule has 23 heavy (non-hydrogen) atoms. The summed E-state index contributed by atoms with van der Waals surface area (Å²) < 4.78 is 14.9. The van der Waals surface area contributed by atoms with E-state index in [1.54, 1.807) is 16.8 Å². The number of benzene rings is 1. The molecule has 0 amide bonds. The summed E-state index contributed by atoms with van der Waals surface area (Å²) in [5.74, 6) is 0.364. The van der Waals surface area contributed by atoms with E-state index in [2.05, 4.69) is 15.1 Å². The molecule has 2 heterocycles. The van der Waals surface area contributed by atoms with Crippen LogP contribution in [0.3, 0.4) is 0 Å². The third-order valence-electron chi connectivity index (χ3n) is 3.60. The predicted molar refractivity (Wildman–Crippen MR) is 88.4 cm³/mol. The summed E-state index contributed by atoms with van der Waals surface area (Å²) in [4.78, 5) is 8.43. The van der Waals surface area contributed by atoms with Gasteiger partial charge in [0.05, 0.1) is 11.9 Å². The Labute approximate surface area is 137 Å². The number of hydrogen-bond donors (Lipinski definition) is 1. The maximum absolute atomic E-state index is 13.2. The summed E-state index contributed by atoms with van der Waals surface area (Å²) in [5.41, 5.74) is 9.17. The van der Waals surface area contributed by atoms with E-state index in [4.69, 9.17) is 17.3 Å². The van der Waals surface area contributed by atoms with Crippen LogP contribution in [-0.2, 0) is 13.5 Å². The Bertz CT molecular complexity index is 858. The van der Waals surface area contributed by atoms with Crippen molar-refractivity contribution in [1.82, 2.24) is 19.7 Å². The molecule has 0 saturated carbocycles. The van der Waals surface area contributed by atoms with Crippen LogP contribution in [0.15, 0.2) is 30.5 Å². The summed E-state index contributed by atoms with van der Waals surface area (Å²) in [6, 6.07) is 6.31. The lowest BCUT2D eigenvalue weighted by Gasteiger charge is -2.06. The minimum Gasteiger partial charge on any atom is -0.382 e. The van der Waals surface area contributed by atoms with Crippen molar-refractivity contribution in [2.75, 3.05) is 5.73 Å². The van der Waals surface area contributed by atoms with Gasteiger partial charge in [0.25, 0.3) is 0 Å². The van der Waals surface area contributed by atoms with Crippen LogP contribution >= 0.6 is 11.6 Å². The molecule has 0 atom stereocenters. The molecule has 2 N–H and O–H groups in total. The molecular formula is C16H15ClFN5. The zero-order valence-corrected chi connectivity index (χ0v) is 13.5. The van der Waals surface area contributed by atoms with Gasteiger partial charge < -0.3 is 5.73 Å². The molecule has 0 radical (unpaired) electrons. The first-order valence-electron chi connectivity index (χ1n) is 7.11. The molecule has 1 aromatic carbocycles. The van der Waals surface area contributed by atoms with Crippen LogP contribution in [0.4, 0.5) is 10.2 Å². The number of nitrogen functional groups attached to an aromatic ring is 1. The zero-order chi connectivity index (χ0) is 16.6. The maximum Gasteiger partial charge on any atom is 0.182 e. The zero-order valence-electron chi connectivity index (χ0n) is 12.7. The second-order valence-corrected chi connectivity index (χ2v) is 5.49. The lowest BCUT2D eigenvalue weighted by molar-refractivity contribution is 0.628. The van der Waals surface area contributed by atoms with E-state index >= 15 is 0 Å². The van der Waals surface area contributed by atoms with Gasteiger partial charge in [-0.25, -0.2) is 14.4 Å². The summed E-state index contributed by atoms with van der Waals surface area (Å²) >= 11 is 5.88. The second-order valence-electron chi connectivity index (χ2n) is 5.09. The van der Waals surface area contributed by atoms with E-state index < -0.39 is 0 Å². The van der Waals surface area contributed by atoms with E-state index in [1.807, 2.05) is 14.0 Å². The monoisotopic (exact) mass is 331 g/mol. The van der Waals surface area contributed by atoms with Gasteiger partial charge in [-0.2, -0.15) is 5.10 Å². The number of nitrogens with two attached hydrogens (primary N) is 1. The normalized spacial score (nSPS) is 11.0. The van der Waals surface area contributed by atoms with Crippen LogP contribution in [0, 0.1) is 5.82 Å². The molecule has 0 aliphatic heterocycles. The molecule has 0 spiro atoms. The maximum atomic E-state index is 13.2. The van der Waals surface area contributed by atoms with E-state index in [-0.39, 0.29) is 11.6 Å². The molecule has 0 saturated heterocycles. The van der Waals surface area contributed by atoms with Gasteiger partial charge in [-0.15, -0.1) is 0 Å². The largest absolute Gasteiger partial charge is 0.382 e. The van der Waals surface area contributed by atoms with Crippen molar-refractivity contribution < 1.29 is 4.39 Å². The fraction of sp³-hybridized carbons (Fsp3) is 0.188. The number of aromatic nitrogens is 4. The van der Waals surface area contributed by atoms with Crippen LogP contribution < -0.4 is 5.73 Å². The molecule has 7 heteroatoms. The third kappa shape index (κ3) is 2.77. The molecular weight excluding hydrogens is 317 g/mol. The molecule has 2 aromatic heterocycles. The fourth-order valence-corrected chi connectivity index (χ4v) is 2.64. The highest BCUT2D eigenvalue weighted by atomic mass is 35.5. The van der Waals surface area contributed by atoms with Crippen molar-refractivity contribution in [3.63, 3.8) is 0 Å². The van der Waals surface area contributed by atoms with Gasteiger partial charge in [0.15, 0.2) is 5.82 Å². The van der Waals surface area contributed by atoms with Crippen LogP contribution in [0.1, 0.15) is 12.5 Å². The minimum atomic E-state index is -0.275. The summed E-state index contributed by atoms with van der Waals surface area (Å²) in [6.45, 7) is 2.02. The minimum absolute atomic E-state index is 0.215. The SMILES string of the molecule is CCc1c(-c2ncc(Cl)c(N)n2)nn(C)c1-c1ccc(F)cc1.